The highest BCUT2D eigenvalue weighted by Gasteiger charge is 2.31. The van der Waals surface area contributed by atoms with Gasteiger partial charge in [-0.25, -0.2) is 4.98 Å². The molecule has 0 saturated carbocycles. The number of nitrogens with one attached hydrogen (secondary N) is 1. The van der Waals surface area contributed by atoms with Crippen molar-refractivity contribution in [3.8, 4) is 0 Å². The molecule has 0 aliphatic carbocycles. The first-order valence-electron chi connectivity index (χ1n) is 5.44. The zero-order valence-corrected chi connectivity index (χ0v) is 14.9. The van der Waals surface area contributed by atoms with Crippen molar-refractivity contribution in [1.82, 2.24) is 4.98 Å². The molecule has 11 heteroatoms. The van der Waals surface area contributed by atoms with Gasteiger partial charge in [0.15, 0.2) is 4.47 Å². The first-order valence-corrected chi connectivity index (χ1v) is 8.59. The summed E-state index contributed by atoms with van der Waals surface area (Å²) in [6, 6.07) is 1.12. The molecule has 0 amide bonds. The minimum Gasteiger partial charge on any atom is -0.378 e. The Labute approximate surface area is 151 Å². The minimum atomic E-state index is -4.48. The molecule has 120 valence electrons. The highest BCUT2D eigenvalue weighted by atomic mass is 35.5. The van der Waals surface area contributed by atoms with Crippen LogP contribution in [0.25, 0.3) is 0 Å². The van der Waals surface area contributed by atoms with Gasteiger partial charge in [-0.05, 0) is 17.8 Å². The van der Waals surface area contributed by atoms with E-state index in [-0.39, 0.29) is 37.4 Å². The number of halogens is 7. The van der Waals surface area contributed by atoms with Gasteiger partial charge in [-0.15, -0.1) is 11.3 Å². The molecule has 1 aromatic heterocycles. The van der Waals surface area contributed by atoms with Gasteiger partial charge < -0.3 is 5.32 Å². The Morgan fingerprint density at radius 2 is 1.86 bits per heavy atom. The lowest BCUT2D eigenvalue weighted by Gasteiger charge is -2.14. The standard InChI is InChI=1S/C11H5Cl4F3N2S2/c12-5-1-6(22-11(16,17)18)7(13)8(14)9(5)19-2-4-3-20-10(15)21-4/h1,3,19H,2H2. The van der Waals surface area contributed by atoms with Crippen molar-refractivity contribution >= 4 is 75.2 Å². The van der Waals surface area contributed by atoms with Gasteiger partial charge in [0.25, 0.3) is 0 Å². The summed E-state index contributed by atoms with van der Waals surface area (Å²) in [6.07, 6.45) is 1.57. The summed E-state index contributed by atoms with van der Waals surface area (Å²) in [6.45, 7) is 0.311. The van der Waals surface area contributed by atoms with Gasteiger partial charge in [-0.2, -0.15) is 13.2 Å². The normalized spacial score (nSPS) is 11.8. The van der Waals surface area contributed by atoms with E-state index in [1.165, 1.54) is 11.3 Å². The average Bonchev–Trinajstić information content (AvgIpc) is 2.80. The largest absolute Gasteiger partial charge is 0.446 e. The zero-order chi connectivity index (χ0) is 16.5. The lowest BCUT2D eigenvalue weighted by molar-refractivity contribution is -0.0328. The van der Waals surface area contributed by atoms with Crippen LogP contribution >= 0.6 is 69.5 Å². The summed E-state index contributed by atoms with van der Waals surface area (Å²) >= 11 is 24.5. The Kier molecular flexibility index (Phi) is 6.01. The minimum absolute atomic E-state index is 0.0387. The highest BCUT2D eigenvalue weighted by Crippen LogP contribution is 2.47. The molecule has 2 aromatic rings. The predicted molar refractivity (Wildman–Crippen MR) is 87.8 cm³/mol. The predicted octanol–water partition coefficient (Wildman–Crippen LogP) is 6.98. The van der Waals surface area contributed by atoms with E-state index in [0.717, 1.165) is 10.9 Å². The first kappa shape index (κ1) is 18.3. The van der Waals surface area contributed by atoms with Gasteiger partial charge in [0.05, 0.1) is 27.3 Å². The maximum Gasteiger partial charge on any atom is 0.446 e. The van der Waals surface area contributed by atoms with Crippen LogP contribution in [0.15, 0.2) is 17.2 Å². The Bertz CT molecular complexity index is 691. The van der Waals surface area contributed by atoms with E-state index in [9.17, 15) is 13.2 Å². The molecule has 1 N–H and O–H groups in total. The topological polar surface area (TPSA) is 24.9 Å². The summed E-state index contributed by atoms with van der Waals surface area (Å²) in [5.41, 5.74) is -4.23. The zero-order valence-electron chi connectivity index (χ0n) is 10.3. The molecule has 1 aromatic carbocycles. The number of rotatable bonds is 4. The molecule has 0 aliphatic heterocycles. The second-order valence-electron chi connectivity index (χ2n) is 3.84. The summed E-state index contributed by atoms with van der Waals surface area (Å²) in [5, 5.41) is 2.67. The van der Waals surface area contributed by atoms with Crippen molar-refractivity contribution in [2.45, 2.75) is 16.9 Å². The number of thioether (sulfide) groups is 1. The first-order chi connectivity index (χ1) is 10.2. The number of anilines is 1. The van der Waals surface area contributed by atoms with Crippen molar-refractivity contribution in [2.75, 3.05) is 5.32 Å². The monoisotopic (exact) mass is 426 g/mol. The second-order valence-corrected chi connectivity index (χ2v) is 7.81. The van der Waals surface area contributed by atoms with E-state index >= 15 is 0 Å². The molecule has 0 unspecified atom stereocenters. The molecule has 22 heavy (non-hydrogen) atoms. The van der Waals surface area contributed by atoms with E-state index in [0.29, 0.717) is 11.0 Å². The van der Waals surface area contributed by atoms with Gasteiger partial charge >= 0.3 is 5.51 Å². The van der Waals surface area contributed by atoms with Crippen LogP contribution in [0.2, 0.25) is 19.5 Å². The average molecular weight is 428 g/mol. The number of nitrogens with zero attached hydrogens (tertiary/aromatic N) is 1. The Balaban J connectivity index is 2.23. The molecule has 0 saturated heterocycles. The number of aromatic nitrogens is 1. The van der Waals surface area contributed by atoms with E-state index in [1.54, 1.807) is 6.20 Å². The number of thiazole rings is 1. The summed E-state index contributed by atoms with van der Waals surface area (Å²) < 4.78 is 37.7. The van der Waals surface area contributed by atoms with Crippen LogP contribution < -0.4 is 5.32 Å². The molecule has 0 atom stereocenters. The molecule has 2 rings (SSSR count). The lowest BCUT2D eigenvalue weighted by Crippen LogP contribution is -2.02. The molecular formula is C11H5Cl4F3N2S2. The van der Waals surface area contributed by atoms with Crippen molar-refractivity contribution in [1.29, 1.82) is 0 Å². The van der Waals surface area contributed by atoms with Crippen LogP contribution in [0.3, 0.4) is 0 Å². The van der Waals surface area contributed by atoms with Crippen LogP contribution in [0.1, 0.15) is 4.88 Å². The number of benzene rings is 1. The Morgan fingerprint density at radius 1 is 1.18 bits per heavy atom. The number of alkyl halides is 3. The van der Waals surface area contributed by atoms with Crippen LogP contribution in [0, 0.1) is 0 Å². The third kappa shape index (κ3) is 4.72. The maximum atomic E-state index is 12.4. The lowest BCUT2D eigenvalue weighted by atomic mass is 10.3. The Morgan fingerprint density at radius 3 is 2.41 bits per heavy atom. The van der Waals surface area contributed by atoms with Crippen molar-refractivity contribution in [2.24, 2.45) is 0 Å². The summed E-state index contributed by atoms with van der Waals surface area (Å²) in [4.78, 5) is 4.42. The highest BCUT2D eigenvalue weighted by molar-refractivity contribution is 8.00. The molecule has 2 nitrogen and oxygen atoms in total. The van der Waals surface area contributed by atoms with Gasteiger partial charge in [-0.1, -0.05) is 46.4 Å². The van der Waals surface area contributed by atoms with E-state index in [4.69, 9.17) is 46.4 Å². The third-order valence-electron chi connectivity index (χ3n) is 2.32. The third-order valence-corrected chi connectivity index (χ3v) is 5.48. The van der Waals surface area contributed by atoms with E-state index in [2.05, 4.69) is 10.3 Å². The number of hydrogen-bond acceptors (Lipinski definition) is 4. The van der Waals surface area contributed by atoms with Crippen molar-refractivity contribution < 1.29 is 13.2 Å². The molecule has 0 aliphatic rings. The van der Waals surface area contributed by atoms with E-state index < -0.39 is 5.51 Å². The molecule has 1 heterocycles. The van der Waals surface area contributed by atoms with Crippen LogP contribution in [-0.2, 0) is 6.54 Å². The van der Waals surface area contributed by atoms with Gasteiger partial charge in [-0.3, -0.25) is 0 Å². The fourth-order valence-corrected chi connectivity index (χ4v) is 3.99. The maximum absolute atomic E-state index is 12.4. The van der Waals surface area contributed by atoms with Gasteiger partial charge in [0.1, 0.15) is 0 Å². The van der Waals surface area contributed by atoms with Crippen LogP contribution in [0.5, 0.6) is 0 Å². The van der Waals surface area contributed by atoms with Crippen LogP contribution in [0.4, 0.5) is 18.9 Å². The van der Waals surface area contributed by atoms with Gasteiger partial charge in [0, 0.05) is 16.0 Å². The molecule has 0 spiro atoms. The SMILES string of the molecule is FC(F)(F)Sc1cc(Cl)c(NCc2cnc(Cl)s2)c(Cl)c1Cl. The smallest absolute Gasteiger partial charge is 0.378 e. The quantitative estimate of drug-likeness (QED) is 0.420. The Hall–Kier alpha value is -0.0500. The van der Waals surface area contributed by atoms with E-state index in [1.807, 2.05) is 0 Å². The fourth-order valence-electron chi connectivity index (χ4n) is 1.48. The van der Waals surface area contributed by atoms with Crippen molar-refractivity contribution in [3.05, 3.63) is 36.7 Å². The molecular weight excluding hydrogens is 423 g/mol. The molecule has 0 radical (unpaired) electrons. The summed E-state index contributed by atoms with van der Waals surface area (Å²) in [7, 11) is 0. The number of hydrogen-bond donors (Lipinski definition) is 1. The van der Waals surface area contributed by atoms with Gasteiger partial charge in [0.2, 0.25) is 0 Å². The molecule has 0 fully saturated rings. The van der Waals surface area contributed by atoms with Crippen LogP contribution in [-0.4, -0.2) is 10.5 Å². The fraction of sp³-hybridized carbons (Fsp3) is 0.182. The summed E-state index contributed by atoms with van der Waals surface area (Å²) in [5.74, 6) is 0. The molecule has 0 bridgehead atoms. The second kappa shape index (κ2) is 7.23. The van der Waals surface area contributed by atoms with Crippen molar-refractivity contribution in [3.63, 3.8) is 0 Å².